The lowest BCUT2D eigenvalue weighted by Gasteiger charge is -2.39. The van der Waals surface area contributed by atoms with Crippen molar-refractivity contribution in [3.8, 4) is 0 Å². The third-order valence-electron chi connectivity index (χ3n) is 1.93. The van der Waals surface area contributed by atoms with Crippen molar-refractivity contribution >= 4 is 6.03 Å². The van der Waals surface area contributed by atoms with Gasteiger partial charge < -0.3 is 20.6 Å². The molecule has 0 spiro atoms. The van der Waals surface area contributed by atoms with E-state index in [2.05, 4.69) is 10.6 Å². The van der Waals surface area contributed by atoms with E-state index in [0.717, 1.165) is 13.1 Å². The summed E-state index contributed by atoms with van der Waals surface area (Å²) in [5.74, 6) is 0. The van der Waals surface area contributed by atoms with Gasteiger partial charge in [0.2, 0.25) is 0 Å². The molecule has 0 unspecified atom stereocenters. The van der Waals surface area contributed by atoms with Crippen LogP contribution in [0.4, 0.5) is 4.79 Å². The van der Waals surface area contributed by atoms with E-state index in [0.29, 0.717) is 12.6 Å². The lowest BCUT2D eigenvalue weighted by atomic mass is 10.1. The number of nitrogens with zero attached hydrogens (tertiary/aromatic N) is 1. The Morgan fingerprint density at radius 3 is 2.83 bits per heavy atom. The number of aliphatic hydroxyl groups is 1. The second-order valence-corrected chi connectivity index (χ2v) is 2.83. The van der Waals surface area contributed by atoms with Gasteiger partial charge in [-0.05, 0) is 0 Å². The molecule has 5 heteroatoms. The Hall–Kier alpha value is -0.810. The third-order valence-corrected chi connectivity index (χ3v) is 1.93. The number of urea groups is 1. The predicted molar refractivity (Wildman–Crippen MR) is 44.9 cm³/mol. The molecular formula is C7H15N3O2. The van der Waals surface area contributed by atoms with Crippen LogP contribution in [-0.4, -0.2) is 55.4 Å². The number of aliphatic hydroxyl groups excluding tert-OH is 1. The van der Waals surface area contributed by atoms with Gasteiger partial charge in [0.1, 0.15) is 0 Å². The van der Waals surface area contributed by atoms with Crippen molar-refractivity contribution in [2.75, 3.05) is 33.3 Å². The molecule has 1 heterocycles. The Kier molecular flexibility index (Phi) is 3.31. The predicted octanol–water partition coefficient (Wildman–Crippen LogP) is -1.41. The number of rotatable bonds is 3. The summed E-state index contributed by atoms with van der Waals surface area (Å²) in [6.45, 7) is 2.22. The number of nitrogens with one attached hydrogen (secondary N) is 2. The molecule has 0 saturated carbocycles. The van der Waals surface area contributed by atoms with Crippen LogP contribution in [0.2, 0.25) is 0 Å². The minimum Gasteiger partial charge on any atom is -0.395 e. The largest absolute Gasteiger partial charge is 0.395 e. The molecule has 0 atom stereocenters. The number of hydrogen-bond donors (Lipinski definition) is 3. The number of hydrogen-bond acceptors (Lipinski definition) is 3. The monoisotopic (exact) mass is 173 g/mol. The highest BCUT2D eigenvalue weighted by Gasteiger charge is 2.28. The van der Waals surface area contributed by atoms with Crippen molar-refractivity contribution < 1.29 is 9.90 Å². The minimum atomic E-state index is -0.0305. The van der Waals surface area contributed by atoms with E-state index in [1.807, 2.05) is 0 Å². The molecular weight excluding hydrogens is 158 g/mol. The summed E-state index contributed by atoms with van der Waals surface area (Å²) >= 11 is 0. The number of amides is 2. The van der Waals surface area contributed by atoms with Crippen molar-refractivity contribution in [1.29, 1.82) is 0 Å². The Morgan fingerprint density at radius 2 is 2.33 bits per heavy atom. The van der Waals surface area contributed by atoms with E-state index in [1.165, 1.54) is 0 Å². The molecule has 1 aliphatic heterocycles. The molecule has 1 fully saturated rings. The molecule has 12 heavy (non-hydrogen) atoms. The van der Waals surface area contributed by atoms with Gasteiger partial charge in [-0.1, -0.05) is 0 Å². The van der Waals surface area contributed by atoms with Crippen LogP contribution in [0.15, 0.2) is 0 Å². The lowest BCUT2D eigenvalue weighted by Crippen LogP contribution is -2.61. The molecule has 1 saturated heterocycles. The van der Waals surface area contributed by atoms with Crippen LogP contribution in [0.25, 0.3) is 0 Å². The highest BCUT2D eigenvalue weighted by Crippen LogP contribution is 2.06. The molecule has 0 aliphatic carbocycles. The van der Waals surface area contributed by atoms with Gasteiger partial charge in [-0.15, -0.1) is 0 Å². The number of carbonyl (C=O) groups excluding carboxylic acids is 1. The van der Waals surface area contributed by atoms with Crippen LogP contribution in [-0.2, 0) is 0 Å². The first kappa shape index (κ1) is 9.28. The molecule has 0 aromatic rings. The van der Waals surface area contributed by atoms with Crippen LogP contribution in [0.3, 0.4) is 0 Å². The summed E-state index contributed by atoms with van der Waals surface area (Å²) < 4.78 is 0. The first-order valence-electron chi connectivity index (χ1n) is 4.09. The Bertz CT molecular complexity index is 157. The molecule has 70 valence electrons. The molecule has 0 aromatic heterocycles. The summed E-state index contributed by atoms with van der Waals surface area (Å²) in [5.41, 5.74) is 0. The zero-order valence-corrected chi connectivity index (χ0v) is 7.21. The summed E-state index contributed by atoms with van der Waals surface area (Å²) in [5, 5.41) is 14.2. The van der Waals surface area contributed by atoms with Gasteiger partial charge in [-0.3, -0.25) is 0 Å². The molecule has 0 bridgehead atoms. The summed E-state index contributed by atoms with van der Waals surface area (Å²) in [7, 11) is 1.62. The van der Waals surface area contributed by atoms with E-state index < -0.39 is 0 Å². The maximum Gasteiger partial charge on any atom is 0.317 e. The van der Waals surface area contributed by atoms with Gasteiger partial charge in [0.25, 0.3) is 0 Å². The summed E-state index contributed by atoms with van der Waals surface area (Å²) in [6.07, 6.45) is 0. The molecule has 0 radical (unpaired) electrons. The zero-order chi connectivity index (χ0) is 8.97. The maximum absolute atomic E-state index is 11.0. The second-order valence-electron chi connectivity index (χ2n) is 2.83. The van der Waals surface area contributed by atoms with Crippen molar-refractivity contribution in [2.45, 2.75) is 6.04 Å². The van der Waals surface area contributed by atoms with Crippen molar-refractivity contribution in [3.63, 3.8) is 0 Å². The lowest BCUT2D eigenvalue weighted by molar-refractivity contribution is 0.136. The van der Waals surface area contributed by atoms with Gasteiger partial charge in [0, 0.05) is 32.7 Å². The topological polar surface area (TPSA) is 64.6 Å². The quantitative estimate of drug-likeness (QED) is 0.491. The zero-order valence-electron chi connectivity index (χ0n) is 7.21. The number of likely N-dealkylation sites (tertiary alicyclic amines) is 1. The normalized spacial score (nSPS) is 17.3. The van der Waals surface area contributed by atoms with Gasteiger partial charge in [-0.25, -0.2) is 4.79 Å². The standard InChI is InChI=1S/C7H15N3O2/c1-8-7(12)10-4-6(5-10)9-2-3-11/h6,9,11H,2-5H2,1H3,(H,8,12). The molecule has 0 aromatic carbocycles. The van der Waals surface area contributed by atoms with E-state index in [-0.39, 0.29) is 12.6 Å². The van der Waals surface area contributed by atoms with Gasteiger partial charge in [0.05, 0.1) is 6.61 Å². The highest BCUT2D eigenvalue weighted by atomic mass is 16.3. The third kappa shape index (κ3) is 2.09. The molecule has 5 nitrogen and oxygen atoms in total. The second kappa shape index (κ2) is 4.27. The fourth-order valence-corrected chi connectivity index (χ4v) is 1.20. The van der Waals surface area contributed by atoms with Gasteiger partial charge in [0.15, 0.2) is 0 Å². The summed E-state index contributed by atoms with van der Waals surface area (Å²) in [4.78, 5) is 12.7. The van der Waals surface area contributed by atoms with Crippen LogP contribution in [0.5, 0.6) is 0 Å². The first-order chi connectivity index (χ1) is 5.77. The fraction of sp³-hybridized carbons (Fsp3) is 0.857. The van der Waals surface area contributed by atoms with E-state index >= 15 is 0 Å². The maximum atomic E-state index is 11.0. The average molecular weight is 173 g/mol. The highest BCUT2D eigenvalue weighted by molar-refractivity contribution is 5.74. The fourth-order valence-electron chi connectivity index (χ4n) is 1.20. The van der Waals surface area contributed by atoms with Crippen LogP contribution < -0.4 is 10.6 Å². The average Bonchev–Trinajstić information content (AvgIpc) is 2.01. The van der Waals surface area contributed by atoms with Crippen LogP contribution in [0.1, 0.15) is 0 Å². The Morgan fingerprint density at radius 1 is 1.67 bits per heavy atom. The first-order valence-corrected chi connectivity index (χ1v) is 4.09. The van der Waals surface area contributed by atoms with Crippen molar-refractivity contribution in [3.05, 3.63) is 0 Å². The Labute approximate surface area is 71.7 Å². The molecule has 1 rings (SSSR count). The molecule has 3 N–H and O–H groups in total. The van der Waals surface area contributed by atoms with E-state index in [1.54, 1.807) is 11.9 Å². The van der Waals surface area contributed by atoms with Crippen LogP contribution in [0, 0.1) is 0 Å². The molecule has 1 aliphatic rings. The van der Waals surface area contributed by atoms with Crippen molar-refractivity contribution in [1.82, 2.24) is 15.5 Å². The smallest absolute Gasteiger partial charge is 0.317 e. The van der Waals surface area contributed by atoms with Crippen molar-refractivity contribution in [2.24, 2.45) is 0 Å². The minimum absolute atomic E-state index is 0.0305. The summed E-state index contributed by atoms with van der Waals surface area (Å²) in [6, 6.07) is 0.325. The number of carbonyl (C=O) groups is 1. The van der Waals surface area contributed by atoms with Gasteiger partial charge >= 0.3 is 6.03 Å². The Balaban J connectivity index is 2.07. The van der Waals surface area contributed by atoms with E-state index in [9.17, 15) is 4.79 Å². The molecule has 2 amide bonds. The van der Waals surface area contributed by atoms with Gasteiger partial charge in [-0.2, -0.15) is 0 Å². The van der Waals surface area contributed by atoms with Crippen LogP contribution >= 0.6 is 0 Å². The SMILES string of the molecule is CNC(=O)N1CC(NCCO)C1. The van der Waals surface area contributed by atoms with E-state index in [4.69, 9.17) is 5.11 Å².